The summed E-state index contributed by atoms with van der Waals surface area (Å²) in [7, 11) is 0. The molecule has 0 aromatic rings. The van der Waals surface area contributed by atoms with E-state index < -0.39 is 0 Å². The Morgan fingerprint density at radius 1 is 0.632 bits per heavy atom. The molecule has 0 unspecified atom stereocenters. The highest BCUT2D eigenvalue weighted by Crippen LogP contribution is 2.08. The molecule has 3 aliphatic heterocycles. The molecule has 114 valence electrons. The predicted molar refractivity (Wildman–Crippen MR) is 89.3 cm³/mol. The molecular formula is C16H33BrN2. The van der Waals surface area contributed by atoms with Crippen molar-refractivity contribution in [2.45, 2.75) is 58.3 Å². The van der Waals surface area contributed by atoms with Crippen LogP contribution < -0.4 is 0 Å². The van der Waals surface area contributed by atoms with Crippen LogP contribution in [0, 0.1) is 0 Å². The zero-order valence-corrected chi connectivity index (χ0v) is 14.5. The van der Waals surface area contributed by atoms with Crippen molar-refractivity contribution in [1.29, 1.82) is 0 Å². The van der Waals surface area contributed by atoms with E-state index in [2.05, 4.69) is 32.7 Å². The SMILES string of the molecule is C1CN2CCN1CC2.CCCCCCCCCCBr. The van der Waals surface area contributed by atoms with Gasteiger partial charge in [0, 0.05) is 44.6 Å². The van der Waals surface area contributed by atoms with Crippen LogP contribution in [0.4, 0.5) is 0 Å². The third kappa shape index (κ3) is 9.04. The first-order valence-corrected chi connectivity index (χ1v) is 9.49. The minimum absolute atomic E-state index is 1.18. The number of rotatable bonds is 8. The summed E-state index contributed by atoms with van der Waals surface area (Å²) in [6, 6.07) is 0. The van der Waals surface area contributed by atoms with E-state index in [-0.39, 0.29) is 0 Å². The number of unbranched alkanes of at least 4 members (excludes halogenated alkanes) is 7. The normalized spacial score (nSPS) is 24.9. The van der Waals surface area contributed by atoms with Crippen LogP contribution in [-0.2, 0) is 0 Å². The second kappa shape index (κ2) is 12.2. The van der Waals surface area contributed by atoms with Crippen molar-refractivity contribution in [3.63, 3.8) is 0 Å². The largest absolute Gasteiger partial charge is 0.300 e. The Bertz CT molecular complexity index is 160. The highest BCUT2D eigenvalue weighted by molar-refractivity contribution is 9.09. The lowest BCUT2D eigenvalue weighted by Crippen LogP contribution is -2.55. The molecule has 0 radical (unpaired) electrons. The maximum Gasteiger partial charge on any atom is 0.0110 e. The van der Waals surface area contributed by atoms with E-state index >= 15 is 0 Å². The first-order chi connectivity index (χ1) is 9.36. The van der Waals surface area contributed by atoms with Gasteiger partial charge in [-0.25, -0.2) is 0 Å². The Hall–Kier alpha value is 0.400. The lowest BCUT2D eigenvalue weighted by molar-refractivity contribution is 0.0647. The summed E-state index contributed by atoms with van der Waals surface area (Å²) in [5.74, 6) is 0. The molecule has 0 aromatic heterocycles. The van der Waals surface area contributed by atoms with Crippen LogP contribution in [0.3, 0.4) is 0 Å². The third-order valence-corrected chi connectivity index (χ3v) is 4.75. The minimum atomic E-state index is 1.18. The molecule has 0 saturated carbocycles. The summed E-state index contributed by atoms with van der Waals surface area (Å²) >= 11 is 3.44. The molecule has 0 aliphatic carbocycles. The summed E-state index contributed by atoms with van der Waals surface area (Å²) in [6.45, 7) is 10.2. The molecule has 3 aliphatic rings. The van der Waals surface area contributed by atoms with E-state index in [1.165, 1.54) is 96.0 Å². The Kier molecular flexibility index (Phi) is 11.2. The number of halogens is 1. The number of fused-ring (bicyclic) bond motifs is 3. The molecule has 3 rings (SSSR count). The maximum atomic E-state index is 3.44. The fourth-order valence-corrected chi connectivity index (χ4v) is 3.14. The smallest absolute Gasteiger partial charge is 0.0110 e. The summed E-state index contributed by atoms with van der Waals surface area (Å²) in [5.41, 5.74) is 0. The van der Waals surface area contributed by atoms with Crippen molar-refractivity contribution < 1.29 is 0 Å². The summed E-state index contributed by atoms with van der Waals surface area (Å²) in [4.78, 5) is 5.08. The molecule has 19 heavy (non-hydrogen) atoms. The molecule has 0 N–H and O–H groups in total. The average Bonchev–Trinajstić information content (AvgIpc) is 2.49. The van der Waals surface area contributed by atoms with Gasteiger partial charge in [-0.1, -0.05) is 67.8 Å². The number of piperazine rings is 3. The molecule has 3 fully saturated rings. The van der Waals surface area contributed by atoms with Gasteiger partial charge in [0.05, 0.1) is 0 Å². The monoisotopic (exact) mass is 332 g/mol. The van der Waals surface area contributed by atoms with Gasteiger partial charge in [0.1, 0.15) is 0 Å². The van der Waals surface area contributed by atoms with Crippen molar-refractivity contribution in [2.75, 3.05) is 44.6 Å². The van der Waals surface area contributed by atoms with E-state index in [4.69, 9.17) is 0 Å². The van der Waals surface area contributed by atoms with E-state index in [1.54, 1.807) is 0 Å². The van der Waals surface area contributed by atoms with Crippen molar-refractivity contribution >= 4 is 15.9 Å². The van der Waals surface area contributed by atoms with Gasteiger partial charge in [-0.15, -0.1) is 0 Å². The number of alkyl halides is 1. The molecular weight excluding hydrogens is 300 g/mol. The topological polar surface area (TPSA) is 6.48 Å². The summed E-state index contributed by atoms with van der Waals surface area (Å²) in [5, 5.41) is 1.18. The van der Waals surface area contributed by atoms with Gasteiger partial charge in [-0.05, 0) is 6.42 Å². The molecule has 3 heterocycles. The second-order valence-electron chi connectivity index (χ2n) is 5.85. The number of hydrogen-bond donors (Lipinski definition) is 0. The average molecular weight is 333 g/mol. The minimum Gasteiger partial charge on any atom is -0.300 e. The van der Waals surface area contributed by atoms with Crippen LogP contribution in [0.1, 0.15) is 58.3 Å². The van der Waals surface area contributed by atoms with Crippen molar-refractivity contribution in [3.05, 3.63) is 0 Å². The van der Waals surface area contributed by atoms with Gasteiger partial charge in [-0.3, -0.25) is 9.80 Å². The Morgan fingerprint density at radius 2 is 1.00 bits per heavy atom. The van der Waals surface area contributed by atoms with Gasteiger partial charge in [-0.2, -0.15) is 0 Å². The summed E-state index contributed by atoms with van der Waals surface area (Å²) < 4.78 is 0. The molecule has 3 saturated heterocycles. The molecule has 2 nitrogen and oxygen atoms in total. The molecule has 0 atom stereocenters. The predicted octanol–water partition coefficient (Wildman–Crippen LogP) is 4.14. The van der Waals surface area contributed by atoms with Crippen LogP contribution in [0.15, 0.2) is 0 Å². The van der Waals surface area contributed by atoms with E-state index in [0.29, 0.717) is 0 Å². The second-order valence-corrected chi connectivity index (χ2v) is 6.64. The lowest BCUT2D eigenvalue weighted by atomic mass is 10.1. The highest BCUT2D eigenvalue weighted by atomic mass is 79.9. The molecule has 3 heteroatoms. The summed E-state index contributed by atoms with van der Waals surface area (Å²) in [6.07, 6.45) is 11.4. The quantitative estimate of drug-likeness (QED) is 0.487. The molecule has 0 aromatic carbocycles. The zero-order valence-electron chi connectivity index (χ0n) is 12.9. The van der Waals surface area contributed by atoms with E-state index in [0.717, 1.165) is 0 Å². The van der Waals surface area contributed by atoms with Crippen LogP contribution in [0.2, 0.25) is 0 Å². The van der Waals surface area contributed by atoms with E-state index in [1.807, 2.05) is 0 Å². The number of nitrogens with zero attached hydrogens (tertiary/aromatic N) is 2. The van der Waals surface area contributed by atoms with Gasteiger partial charge >= 0.3 is 0 Å². The fourth-order valence-electron chi connectivity index (χ4n) is 2.75. The molecule has 2 bridgehead atoms. The van der Waals surface area contributed by atoms with Gasteiger partial charge in [0.15, 0.2) is 0 Å². The van der Waals surface area contributed by atoms with Crippen LogP contribution >= 0.6 is 15.9 Å². The van der Waals surface area contributed by atoms with Gasteiger partial charge < -0.3 is 0 Å². The Balaban J connectivity index is 0.000000196. The van der Waals surface area contributed by atoms with E-state index in [9.17, 15) is 0 Å². The van der Waals surface area contributed by atoms with Crippen molar-refractivity contribution in [1.82, 2.24) is 9.80 Å². The standard InChI is InChI=1S/C10H21Br.C6H12N2/c1-2-3-4-5-6-7-8-9-10-11;1-2-8-5-3-7(1)4-6-8/h2-10H2,1H3;1-6H2. The third-order valence-electron chi connectivity index (χ3n) is 4.18. The van der Waals surface area contributed by atoms with Gasteiger partial charge in [0.2, 0.25) is 0 Å². The Labute approximate surface area is 129 Å². The van der Waals surface area contributed by atoms with Crippen LogP contribution in [0.5, 0.6) is 0 Å². The number of hydrogen-bond acceptors (Lipinski definition) is 2. The first-order valence-electron chi connectivity index (χ1n) is 8.37. The lowest BCUT2D eigenvalue weighted by Gasteiger charge is -2.41. The first kappa shape index (κ1) is 17.5. The zero-order chi connectivity index (χ0) is 13.8. The fraction of sp³-hybridized carbons (Fsp3) is 1.00. The highest BCUT2D eigenvalue weighted by Gasteiger charge is 2.21. The molecule has 0 spiro atoms. The van der Waals surface area contributed by atoms with Gasteiger partial charge in [0.25, 0.3) is 0 Å². The van der Waals surface area contributed by atoms with Crippen molar-refractivity contribution in [3.8, 4) is 0 Å². The van der Waals surface area contributed by atoms with Crippen LogP contribution in [0.25, 0.3) is 0 Å². The van der Waals surface area contributed by atoms with Crippen LogP contribution in [-0.4, -0.2) is 54.4 Å². The molecule has 0 amide bonds. The van der Waals surface area contributed by atoms with Crippen molar-refractivity contribution in [2.24, 2.45) is 0 Å². The maximum absolute atomic E-state index is 3.44. The Morgan fingerprint density at radius 3 is 1.32 bits per heavy atom.